The Morgan fingerprint density at radius 3 is 2.44 bits per heavy atom. The first-order valence-electron chi connectivity index (χ1n) is 6.62. The van der Waals surface area contributed by atoms with E-state index in [-0.39, 0.29) is 0 Å². The van der Waals surface area contributed by atoms with Gasteiger partial charge in [-0.2, -0.15) is 0 Å². The predicted molar refractivity (Wildman–Crippen MR) is 67.4 cm³/mol. The zero-order chi connectivity index (χ0) is 11.8. The molecular weight excluding hydrogens is 200 g/mol. The van der Waals surface area contributed by atoms with E-state index in [4.69, 9.17) is 0 Å². The summed E-state index contributed by atoms with van der Waals surface area (Å²) in [5.41, 5.74) is 0. The molecule has 0 spiro atoms. The van der Waals surface area contributed by atoms with E-state index in [1.165, 1.54) is 38.5 Å². The molecule has 0 saturated heterocycles. The number of carbonyl (C=O) groups is 1. The number of hydrogen-bond donors (Lipinski definition) is 1. The molecule has 1 N–H and O–H groups in total. The highest BCUT2D eigenvalue weighted by Gasteiger charge is 2.17. The topological polar surface area (TPSA) is 32.3 Å². The molecule has 94 valence electrons. The Balaban J connectivity index is 2.25. The minimum atomic E-state index is 0.321. The summed E-state index contributed by atoms with van der Waals surface area (Å²) in [7, 11) is 3.83. The van der Waals surface area contributed by atoms with Crippen molar-refractivity contribution in [2.24, 2.45) is 5.92 Å². The Morgan fingerprint density at radius 1 is 1.25 bits per heavy atom. The molecule has 1 aliphatic rings. The average Bonchev–Trinajstić information content (AvgIpc) is 2.54. The summed E-state index contributed by atoms with van der Waals surface area (Å²) in [6, 6.07) is 0. The van der Waals surface area contributed by atoms with Gasteiger partial charge in [-0.1, -0.05) is 25.7 Å². The number of amides is 1. The van der Waals surface area contributed by atoms with E-state index in [9.17, 15) is 4.79 Å². The number of carbonyl (C=O) groups excluding carboxylic acids is 1. The van der Waals surface area contributed by atoms with E-state index < -0.39 is 0 Å². The zero-order valence-electron chi connectivity index (χ0n) is 10.8. The summed E-state index contributed by atoms with van der Waals surface area (Å²) in [5, 5.41) is 3.07. The molecule has 0 unspecified atom stereocenters. The van der Waals surface area contributed by atoms with Crippen LogP contribution in [0, 0.1) is 5.92 Å². The van der Waals surface area contributed by atoms with Gasteiger partial charge in [-0.15, -0.1) is 0 Å². The van der Waals surface area contributed by atoms with E-state index in [2.05, 4.69) is 5.32 Å². The van der Waals surface area contributed by atoms with Crippen LogP contribution >= 0.6 is 0 Å². The Labute approximate surface area is 99.6 Å². The lowest BCUT2D eigenvalue weighted by molar-refractivity contribution is -0.130. The summed E-state index contributed by atoms with van der Waals surface area (Å²) in [6.45, 7) is 1.70. The van der Waals surface area contributed by atoms with Gasteiger partial charge in [0.05, 0.1) is 0 Å². The highest BCUT2D eigenvalue weighted by molar-refractivity contribution is 5.76. The van der Waals surface area contributed by atoms with Crippen molar-refractivity contribution in [2.75, 3.05) is 27.2 Å². The molecule has 16 heavy (non-hydrogen) atoms. The van der Waals surface area contributed by atoms with Crippen molar-refractivity contribution in [1.82, 2.24) is 10.2 Å². The van der Waals surface area contributed by atoms with Crippen LogP contribution < -0.4 is 5.32 Å². The molecule has 0 aliphatic heterocycles. The Morgan fingerprint density at radius 2 is 1.88 bits per heavy atom. The molecule has 1 rings (SSSR count). The second-order valence-electron chi connectivity index (χ2n) is 4.98. The number of nitrogens with zero attached hydrogens (tertiary/aromatic N) is 1. The molecule has 0 aromatic heterocycles. The fraction of sp³-hybridized carbons (Fsp3) is 0.923. The van der Waals surface area contributed by atoms with Crippen molar-refractivity contribution in [3.63, 3.8) is 0 Å². The van der Waals surface area contributed by atoms with Crippen LogP contribution in [0.25, 0.3) is 0 Å². The monoisotopic (exact) mass is 226 g/mol. The summed E-state index contributed by atoms with van der Waals surface area (Å²) < 4.78 is 0. The molecular formula is C13H26N2O. The largest absolute Gasteiger partial charge is 0.344 e. The maximum Gasteiger partial charge on any atom is 0.222 e. The van der Waals surface area contributed by atoms with Gasteiger partial charge in [0, 0.05) is 26.6 Å². The first-order chi connectivity index (χ1) is 7.74. The van der Waals surface area contributed by atoms with Crippen molar-refractivity contribution in [1.29, 1.82) is 0 Å². The van der Waals surface area contributed by atoms with Crippen LogP contribution in [-0.2, 0) is 4.79 Å². The van der Waals surface area contributed by atoms with Crippen LogP contribution in [0.1, 0.15) is 44.9 Å². The van der Waals surface area contributed by atoms with Gasteiger partial charge in [0.25, 0.3) is 0 Å². The van der Waals surface area contributed by atoms with Crippen molar-refractivity contribution in [3.8, 4) is 0 Å². The molecule has 0 atom stereocenters. The predicted octanol–water partition coefficient (Wildman–Crippen LogP) is 2.02. The minimum Gasteiger partial charge on any atom is -0.344 e. The average molecular weight is 226 g/mol. The molecule has 1 saturated carbocycles. The number of rotatable bonds is 5. The molecule has 0 bridgehead atoms. The third kappa shape index (κ3) is 4.97. The van der Waals surface area contributed by atoms with Crippen LogP contribution in [0.4, 0.5) is 0 Å². The fourth-order valence-electron chi connectivity index (χ4n) is 2.38. The summed E-state index contributed by atoms with van der Waals surface area (Å²) in [5.74, 6) is 0.967. The molecule has 0 aromatic carbocycles. The van der Waals surface area contributed by atoms with Crippen LogP contribution in [0.15, 0.2) is 0 Å². The highest BCUT2D eigenvalue weighted by Crippen LogP contribution is 2.25. The third-order valence-corrected chi connectivity index (χ3v) is 3.56. The lowest BCUT2D eigenvalue weighted by Gasteiger charge is -2.20. The standard InChI is InChI=1S/C13H26N2O/c1-14-9-10-15(2)13(16)11-12-7-5-3-4-6-8-12/h12,14H,3-11H2,1-2H3. The number of nitrogens with one attached hydrogen (secondary N) is 1. The molecule has 3 heteroatoms. The fourth-order valence-corrected chi connectivity index (χ4v) is 2.38. The second kappa shape index (κ2) is 7.66. The Hall–Kier alpha value is -0.570. The summed E-state index contributed by atoms with van der Waals surface area (Å²) in [6.07, 6.45) is 8.63. The lowest BCUT2D eigenvalue weighted by atomic mass is 9.96. The molecule has 0 radical (unpaired) electrons. The van der Waals surface area contributed by atoms with Crippen LogP contribution in [-0.4, -0.2) is 38.0 Å². The van der Waals surface area contributed by atoms with Gasteiger partial charge in [-0.3, -0.25) is 4.79 Å². The van der Waals surface area contributed by atoms with E-state index in [1.54, 1.807) is 0 Å². The Bertz CT molecular complexity index is 198. The number of likely N-dealkylation sites (N-methyl/N-ethyl adjacent to an activating group) is 2. The van der Waals surface area contributed by atoms with Gasteiger partial charge < -0.3 is 10.2 Å². The smallest absolute Gasteiger partial charge is 0.222 e. The van der Waals surface area contributed by atoms with Gasteiger partial charge in [0.15, 0.2) is 0 Å². The van der Waals surface area contributed by atoms with Crippen molar-refractivity contribution in [2.45, 2.75) is 44.9 Å². The van der Waals surface area contributed by atoms with Crippen LogP contribution in [0.2, 0.25) is 0 Å². The van der Waals surface area contributed by atoms with Gasteiger partial charge >= 0.3 is 0 Å². The second-order valence-corrected chi connectivity index (χ2v) is 4.98. The first kappa shape index (κ1) is 13.5. The molecule has 0 heterocycles. The quantitative estimate of drug-likeness (QED) is 0.727. The van der Waals surface area contributed by atoms with Gasteiger partial charge in [0.1, 0.15) is 0 Å². The summed E-state index contributed by atoms with van der Waals surface area (Å²) in [4.78, 5) is 13.8. The zero-order valence-corrected chi connectivity index (χ0v) is 10.8. The highest BCUT2D eigenvalue weighted by atomic mass is 16.2. The van der Waals surface area contributed by atoms with Crippen LogP contribution in [0.3, 0.4) is 0 Å². The third-order valence-electron chi connectivity index (χ3n) is 3.56. The molecule has 0 aromatic rings. The van der Waals surface area contributed by atoms with Gasteiger partial charge in [0.2, 0.25) is 5.91 Å². The summed E-state index contributed by atoms with van der Waals surface area (Å²) >= 11 is 0. The van der Waals surface area contributed by atoms with E-state index >= 15 is 0 Å². The van der Waals surface area contributed by atoms with Crippen molar-refractivity contribution < 1.29 is 4.79 Å². The SMILES string of the molecule is CNCCN(C)C(=O)CC1CCCCCC1. The molecule has 1 amide bonds. The minimum absolute atomic E-state index is 0.321. The van der Waals surface area contributed by atoms with E-state index in [0.717, 1.165) is 19.5 Å². The number of hydrogen-bond acceptors (Lipinski definition) is 2. The molecule has 3 nitrogen and oxygen atoms in total. The lowest BCUT2D eigenvalue weighted by Crippen LogP contribution is -2.33. The molecule has 1 fully saturated rings. The van der Waals surface area contributed by atoms with E-state index in [0.29, 0.717) is 11.8 Å². The first-order valence-corrected chi connectivity index (χ1v) is 6.62. The van der Waals surface area contributed by atoms with Crippen LogP contribution in [0.5, 0.6) is 0 Å². The molecule has 1 aliphatic carbocycles. The van der Waals surface area contributed by atoms with Crippen molar-refractivity contribution >= 4 is 5.91 Å². The van der Waals surface area contributed by atoms with Gasteiger partial charge in [-0.05, 0) is 25.8 Å². The van der Waals surface area contributed by atoms with Crippen molar-refractivity contribution in [3.05, 3.63) is 0 Å². The maximum atomic E-state index is 11.9. The van der Waals surface area contributed by atoms with Gasteiger partial charge in [-0.25, -0.2) is 0 Å². The Kier molecular flexibility index (Phi) is 6.46. The maximum absolute atomic E-state index is 11.9. The normalized spacial score (nSPS) is 18.1. The van der Waals surface area contributed by atoms with E-state index in [1.807, 2.05) is 19.0 Å².